The van der Waals surface area contributed by atoms with E-state index in [0.717, 1.165) is 190 Å². The van der Waals surface area contributed by atoms with Crippen LogP contribution in [0.4, 0.5) is 0 Å². The van der Waals surface area contributed by atoms with E-state index in [-0.39, 0.29) is 16.6 Å². The molecule has 12 rings (SSSR count). The molecule has 0 radical (unpaired) electrons. The second-order valence-electron chi connectivity index (χ2n) is 36.3. The average Bonchev–Trinajstić information content (AvgIpc) is 0.798. The molecule has 0 aliphatic carbocycles. The second-order valence-corrected chi connectivity index (χ2v) is 36.3. The monoisotopic (exact) mass is 1950 g/mol. The van der Waals surface area contributed by atoms with E-state index in [0.29, 0.717) is 74.9 Å². The maximum Gasteiger partial charge on any atom is 0.161 e. The molecule has 144 heavy (non-hydrogen) atoms. The van der Waals surface area contributed by atoms with Gasteiger partial charge in [0, 0.05) is 22.3 Å². The van der Waals surface area contributed by atoms with Crippen LogP contribution in [0.1, 0.15) is 289 Å². The van der Waals surface area contributed by atoms with Gasteiger partial charge in [-0.25, -0.2) is 0 Å². The van der Waals surface area contributed by atoms with Gasteiger partial charge in [0.05, 0.1) is 7.11 Å². The summed E-state index contributed by atoms with van der Waals surface area (Å²) in [7, 11) is 1.52. The van der Waals surface area contributed by atoms with E-state index < -0.39 is 0 Å². The van der Waals surface area contributed by atoms with Gasteiger partial charge in [-0.1, -0.05) is 371 Å². The van der Waals surface area contributed by atoms with Crippen molar-refractivity contribution in [3.63, 3.8) is 0 Å². The number of rotatable bonds is 28. The van der Waals surface area contributed by atoms with Crippen molar-refractivity contribution in [2.75, 3.05) is 7.11 Å². The van der Waals surface area contributed by atoms with Crippen molar-refractivity contribution in [3.8, 4) is 74.7 Å². The van der Waals surface area contributed by atoms with Crippen LogP contribution in [0, 0.1) is 20.8 Å². The van der Waals surface area contributed by atoms with E-state index in [4.69, 9.17) is 4.74 Å². The van der Waals surface area contributed by atoms with Crippen molar-refractivity contribution in [1.82, 2.24) is 0 Å². The van der Waals surface area contributed by atoms with Crippen LogP contribution in [-0.2, 0) is 42.9 Å². The fourth-order valence-corrected chi connectivity index (χ4v) is 13.7. The van der Waals surface area contributed by atoms with Gasteiger partial charge in [0.25, 0.3) is 0 Å². The van der Waals surface area contributed by atoms with Crippen LogP contribution in [-0.4, -0.2) is 68.4 Å². The first-order valence-electron chi connectivity index (χ1n) is 49.1. The Bertz CT molecular complexity index is 5940. The molecule has 768 valence electrons. The Morgan fingerprint density at radius 1 is 0.319 bits per heavy atom. The highest BCUT2D eigenvalue weighted by Gasteiger charge is 2.22. The van der Waals surface area contributed by atoms with Gasteiger partial charge in [-0.15, -0.1) is 0 Å². The summed E-state index contributed by atoms with van der Waals surface area (Å²) in [5, 5.41) is 113. The summed E-state index contributed by atoms with van der Waals surface area (Å²) in [6.45, 7) is 80.9. The molecule has 0 saturated carbocycles. The van der Waals surface area contributed by atoms with Gasteiger partial charge in [0.15, 0.2) is 11.5 Å². The predicted octanol–water partition coefficient (Wildman–Crippen LogP) is 35.8. The molecule has 12 aromatic rings. The summed E-state index contributed by atoms with van der Waals surface area (Å²) in [5.41, 5.74) is 24.6. The van der Waals surface area contributed by atoms with Crippen molar-refractivity contribution in [2.45, 2.75) is 225 Å². The molecule has 0 bridgehead atoms. The van der Waals surface area contributed by atoms with Crippen LogP contribution in [0.5, 0.6) is 74.7 Å². The number of phenolic OH excluding ortho intramolecular Hbond substituents is 12. The lowest BCUT2D eigenvalue weighted by Gasteiger charge is -2.24. The third kappa shape index (κ3) is 46.1. The number of methoxy groups -OCH3 is 1. The molecular weight excluding hydrogens is 1780 g/mol. The Kier molecular flexibility index (Phi) is 60.0. The van der Waals surface area contributed by atoms with Crippen molar-refractivity contribution < 1.29 is 66.0 Å². The smallest absolute Gasteiger partial charge is 0.161 e. The molecule has 0 fully saturated rings. The number of phenols is 12. The minimum atomic E-state index is -0.0247. The molecule has 0 amide bonds. The molecule has 13 heteroatoms. The highest BCUT2D eigenvalue weighted by Crippen LogP contribution is 2.37. The summed E-state index contributed by atoms with van der Waals surface area (Å²) < 4.78 is 4.89. The van der Waals surface area contributed by atoms with Gasteiger partial charge in [0.1, 0.15) is 63.2 Å². The topological polar surface area (TPSA) is 252 Å². The predicted molar refractivity (Wildman–Crippen MR) is 624 cm³/mol. The fourth-order valence-electron chi connectivity index (χ4n) is 13.7. The average molecular weight is 1950 g/mol. The molecule has 0 atom stereocenters. The summed E-state index contributed by atoms with van der Waals surface area (Å²) in [5.74, 6) is 5.01. The molecule has 0 spiro atoms. The fraction of sp³-hybridized carbons (Fsp3) is 0.267. The normalized spacial score (nSPS) is 10.0. The first-order chi connectivity index (χ1) is 68.2. The lowest BCUT2D eigenvalue weighted by atomic mass is 9.81. The summed E-state index contributed by atoms with van der Waals surface area (Å²) in [4.78, 5) is 0. The number of ether oxygens (including phenoxy) is 1. The molecule has 0 aromatic heterocycles. The van der Waals surface area contributed by atoms with Crippen molar-refractivity contribution in [1.29, 1.82) is 0 Å². The minimum absolute atomic E-state index is 0.0170. The van der Waals surface area contributed by atoms with Crippen LogP contribution in [0.3, 0.4) is 0 Å². The van der Waals surface area contributed by atoms with Gasteiger partial charge in [0.2, 0.25) is 0 Å². The summed E-state index contributed by atoms with van der Waals surface area (Å²) in [6, 6.07) is 66.4. The number of aryl methyl sites for hydroxylation is 8. The summed E-state index contributed by atoms with van der Waals surface area (Å²) >= 11 is 0. The van der Waals surface area contributed by atoms with E-state index in [1.165, 1.54) is 39.2 Å². The van der Waals surface area contributed by atoms with Crippen molar-refractivity contribution in [3.05, 3.63) is 425 Å². The zero-order valence-corrected chi connectivity index (χ0v) is 89.6. The number of aromatic hydroxyl groups is 12. The molecule has 12 aromatic carbocycles. The number of hydrogen-bond donors (Lipinski definition) is 12. The first-order valence-corrected chi connectivity index (χ1v) is 49.1. The molecular formula is C131H166O13. The lowest BCUT2D eigenvalue weighted by molar-refractivity contribution is 0.373. The third-order valence-corrected chi connectivity index (χ3v) is 23.3. The number of para-hydroxylation sites is 2. The van der Waals surface area contributed by atoms with Gasteiger partial charge in [-0.05, 0) is 329 Å². The maximum absolute atomic E-state index is 9.76. The number of unbranched alkanes of at least 4 members (excludes halogenated alkanes) is 5. The second kappa shape index (κ2) is 68.1. The number of hydrogen-bond acceptors (Lipinski definition) is 13. The number of allylic oxidation sites excluding steroid dienone is 2. The highest BCUT2D eigenvalue weighted by molar-refractivity contribution is 5.69. The highest BCUT2D eigenvalue weighted by atomic mass is 16.5. The van der Waals surface area contributed by atoms with Crippen LogP contribution in [0.15, 0.2) is 297 Å². The van der Waals surface area contributed by atoms with Gasteiger partial charge >= 0.3 is 0 Å². The number of benzene rings is 12. The van der Waals surface area contributed by atoms with Gasteiger partial charge in [-0.2, -0.15) is 0 Å². The first kappa shape index (κ1) is 127. The standard InChI is InChI=1S/C14H20O.2C13H18O.C12H16O.2C11H14O.3C10H12O.C9H10O2.2C9H10O/c1-3-5-6-7-8-13-11-12(4-2)9-10-14(13)15;1-5-10-7-8-12(14)11(9-10)13(3,4)6-2;1-3-5-6-7-12-10-11(4-2)8-9-13(12)14;1-5-9-6-7-11(13)10(8-9)12(2,3)4;1-4-9-7-10(8(2)3)5-6-11(9)12;1-4-9-5-6-11(12)10(7-9)8(2)3;1-7(2)9-6-4-5-8(3)10(9)11;2*1-3-8-5-6-10(11)9(4-2)7-8;1-3-7-4-5-8(10)9(6-7)11-2;1-3-8-5-4-7(2)6-9(8)10;1-3-8-6-4-5-7(2)9(8)10/h4,9-11,15H,2-3,5-8H2,1H3;5,7-9,14H,1,6H2,2-4H3;4,8-10,14H,2-3,5-7H2,1H3;5-8,13H,1H2,2-4H3;5-7,12H,2,4H2,1,3H3;4-8,12H,1H2,2-3H3;4-6,11H,1H2,2-3H3;2*3,5-7,11H,1,4H2,2H3;3-6,10H,1H2,2H3;2*3-6,10H,1H2,2H3. The molecule has 0 aliphatic rings. The van der Waals surface area contributed by atoms with E-state index in [9.17, 15) is 61.3 Å². The maximum atomic E-state index is 9.76. The van der Waals surface area contributed by atoms with Crippen molar-refractivity contribution in [2.24, 2.45) is 0 Å². The van der Waals surface area contributed by atoms with Crippen LogP contribution in [0.2, 0.25) is 0 Å². The van der Waals surface area contributed by atoms with Gasteiger partial charge in [-0.3, -0.25) is 0 Å². The van der Waals surface area contributed by atoms with E-state index in [2.05, 4.69) is 148 Å². The Hall–Kier alpha value is -15.1. The Morgan fingerprint density at radius 3 is 1.03 bits per heavy atom. The SMILES string of the molecule is C=C(C)c1ccc(O)c(CC)c1.C=C(C)c1cccc(C)c1O.C=Cc1ccc(C)cc1O.C=Cc1ccc(O)c(C(C)(C)C)c1.C=Cc1ccc(O)c(C(C)(C)CC)c1.C=Cc1ccc(O)c(C(C)C)c1.C=Cc1ccc(O)c(CC)c1.C=Cc1ccc(O)c(CC)c1.C=Cc1ccc(O)c(CCCCC)c1.C=Cc1ccc(O)c(CCCCCC)c1.C=Cc1ccc(O)c(OC)c1.C=Cc1cccc(C)c1O. The Balaban J connectivity index is 0.000000787. The van der Waals surface area contributed by atoms with Crippen molar-refractivity contribution >= 4 is 71.9 Å². The van der Waals surface area contributed by atoms with Crippen LogP contribution in [0.25, 0.3) is 71.9 Å². The molecule has 13 nitrogen and oxygen atoms in total. The summed E-state index contributed by atoms with van der Waals surface area (Å²) in [6.07, 6.45) is 31.5. The van der Waals surface area contributed by atoms with E-state index in [1.807, 2.05) is 213 Å². The largest absolute Gasteiger partial charge is 0.508 e. The molecule has 0 unspecified atom stereocenters. The zero-order valence-electron chi connectivity index (χ0n) is 89.6. The molecule has 0 saturated heterocycles. The van der Waals surface area contributed by atoms with E-state index >= 15 is 0 Å². The molecule has 12 N–H and O–H groups in total. The Labute approximate surface area is 864 Å². The minimum Gasteiger partial charge on any atom is -0.508 e. The van der Waals surface area contributed by atoms with Crippen LogP contribution < -0.4 is 4.74 Å². The van der Waals surface area contributed by atoms with Crippen LogP contribution >= 0.6 is 0 Å². The lowest BCUT2D eigenvalue weighted by Crippen LogP contribution is -2.15. The quantitative estimate of drug-likeness (QED) is 0.0204. The molecule has 0 heterocycles. The molecule has 0 aliphatic heterocycles. The zero-order chi connectivity index (χ0) is 109. The van der Waals surface area contributed by atoms with Gasteiger partial charge < -0.3 is 66.0 Å². The van der Waals surface area contributed by atoms with E-state index in [1.54, 1.807) is 121 Å². The third-order valence-electron chi connectivity index (χ3n) is 23.3. The Morgan fingerprint density at radius 2 is 0.667 bits per heavy atom.